The van der Waals surface area contributed by atoms with Crippen molar-refractivity contribution in [1.29, 1.82) is 0 Å². The molecule has 2 heterocycles. The number of carbonyl (C=O) groups excluding carboxylic acids is 1. The number of rotatable bonds is 6. The number of nitrogens with zero attached hydrogens (tertiary/aromatic N) is 1. The molecule has 2 aliphatic heterocycles. The molecular formula is C15H28N2O5S. The van der Waals surface area contributed by atoms with Crippen LogP contribution in [0.15, 0.2) is 0 Å². The molecule has 0 aliphatic carbocycles. The average Bonchev–Trinajstić information content (AvgIpc) is 2.53. The third-order valence-corrected chi connectivity index (χ3v) is 5.97. The molecule has 2 N–H and O–H groups in total. The second-order valence-corrected chi connectivity index (χ2v) is 8.51. The highest BCUT2D eigenvalue weighted by Gasteiger charge is 2.31. The monoisotopic (exact) mass is 348 g/mol. The first-order valence-corrected chi connectivity index (χ1v) is 10.0. The molecule has 7 nitrogen and oxygen atoms in total. The number of hydrogen-bond donors (Lipinski definition) is 2. The third kappa shape index (κ3) is 6.02. The highest BCUT2D eigenvalue weighted by atomic mass is 32.2. The number of ether oxygens (including phenoxy) is 1. The van der Waals surface area contributed by atoms with Crippen molar-refractivity contribution in [3.05, 3.63) is 0 Å². The number of likely N-dealkylation sites (tertiary alicyclic amines) is 1. The van der Waals surface area contributed by atoms with Crippen molar-refractivity contribution < 1.29 is 23.1 Å². The van der Waals surface area contributed by atoms with Crippen LogP contribution < -0.4 is 4.72 Å². The molecule has 2 fully saturated rings. The number of aliphatic hydroxyl groups excluding tert-OH is 1. The van der Waals surface area contributed by atoms with E-state index in [1.54, 1.807) is 0 Å². The van der Waals surface area contributed by atoms with E-state index in [2.05, 4.69) is 4.72 Å². The predicted molar refractivity (Wildman–Crippen MR) is 86.3 cm³/mol. The number of nitrogens with one attached hydrogen (secondary N) is 1. The van der Waals surface area contributed by atoms with Gasteiger partial charge in [0.2, 0.25) is 15.9 Å². The fourth-order valence-electron chi connectivity index (χ4n) is 3.22. The van der Waals surface area contributed by atoms with Gasteiger partial charge in [0, 0.05) is 38.8 Å². The number of aliphatic hydroxyl groups is 1. The Labute approximate surface area is 138 Å². The normalized spacial score (nSPS) is 25.3. The van der Waals surface area contributed by atoms with E-state index in [9.17, 15) is 18.3 Å². The molecule has 0 aromatic heterocycles. The van der Waals surface area contributed by atoms with Crippen LogP contribution in [0.4, 0.5) is 0 Å². The molecule has 2 rings (SSSR count). The van der Waals surface area contributed by atoms with E-state index in [4.69, 9.17) is 4.74 Å². The quantitative estimate of drug-likeness (QED) is 0.702. The summed E-state index contributed by atoms with van der Waals surface area (Å²) in [5.41, 5.74) is 0. The van der Waals surface area contributed by atoms with E-state index in [1.807, 2.05) is 4.90 Å². The van der Waals surface area contributed by atoms with Gasteiger partial charge in [0.1, 0.15) is 0 Å². The lowest BCUT2D eigenvalue weighted by molar-refractivity contribution is -0.140. The smallest absolute Gasteiger partial charge is 0.225 e. The van der Waals surface area contributed by atoms with Gasteiger partial charge >= 0.3 is 0 Å². The van der Waals surface area contributed by atoms with Crippen LogP contribution in [-0.4, -0.2) is 69.0 Å². The van der Waals surface area contributed by atoms with E-state index >= 15 is 0 Å². The molecule has 0 aromatic rings. The first kappa shape index (κ1) is 18.6. The SMILES string of the molecule is C[C@H](O)CNS(=O)(=O)C[C@@H]1CCCN(C(=O)C2CCOCC2)C1. The second-order valence-electron chi connectivity index (χ2n) is 6.66. The highest BCUT2D eigenvalue weighted by Crippen LogP contribution is 2.23. The van der Waals surface area contributed by atoms with Gasteiger partial charge < -0.3 is 14.7 Å². The zero-order chi connectivity index (χ0) is 16.9. The Morgan fingerprint density at radius 2 is 2.04 bits per heavy atom. The van der Waals surface area contributed by atoms with Crippen molar-refractivity contribution >= 4 is 15.9 Å². The largest absolute Gasteiger partial charge is 0.392 e. The van der Waals surface area contributed by atoms with Crippen LogP contribution >= 0.6 is 0 Å². The van der Waals surface area contributed by atoms with Gasteiger partial charge in [-0.25, -0.2) is 13.1 Å². The standard InChI is InChI=1S/C15H28N2O5S/c1-12(18)9-16-23(20,21)11-13-3-2-6-17(10-13)15(19)14-4-7-22-8-5-14/h12-14,16,18H,2-11H2,1H3/t12-,13+/m0/s1. The number of amides is 1. The summed E-state index contributed by atoms with van der Waals surface area (Å²) in [6.45, 7) is 4.05. The molecule has 0 unspecified atom stereocenters. The molecule has 134 valence electrons. The maximum absolute atomic E-state index is 12.6. The zero-order valence-corrected chi connectivity index (χ0v) is 14.6. The van der Waals surface area contributed by atoms with E-state index in [0.717, 1.165) is 25.7 Å². The fourth-order valence-corrected chi connectivity index (χ4v) is 4.73. The second kappa shape index (κ2) is 8.41. The molecule has 2 aliphatic rings. The molecule has 0 bridgehead atoms. The van der Waals surface area contributed by atoms with E-state index in [1.165, 1.54) is 6.92 Å². The van der Waals surface area contributed by atoms with Gasteiger partial charge in [0.05, 0.1) is 11.9 Å². The van der Waals surface area contributed by atoms with Crippen molar-refractivity contribution in [2.24, 2.45) is 11.8 Å². The molecule has 8 heteroatoms. The molecule has 23 heavy (non-hydrogen) atoms. The molecule has 1 amide bonds. The Hall–Kier alpha value is -0.700. The van der Waals surface area contributed by atoms with Crippen molar-refractivity contribution in [2.45, 2.75) is 38.7 Å². The van der Waals surface area contributed by atoms with Crippen LogP contribution in [0.3, 0.4) is 0 Å². The van der Waals surface area contributed by atoms with Crippen LogP contribution in [0.5, 0.6) is 0 Å². The van der Waals surface area contributed by atoms with Crippen molar-refractivity contribution in [3.63, 3.8) is 0 Å². The van der Waals surface area contributed by atoms with Crippen molar-refractivity contribution in [2.75, 3.05) is 38.6 Å². The van der Waals surface area contributed by atoms with Gasteiger partial charge in [-0.3, -0.25) is 4.79 Å². The molecule has 0 aromatic carbocycles. The fraction of sp³-hybridized carbons (Fsp3) is 0.933. The lowest BCUT2D eigenvalue weighted by Crippen LogP contribution is -2.46. The summed E-state index contributed by atoms with van der Waals surface area (Å²) in [5.74, 6) is 0.135. The molecule has 0 spiro atoms. The Balaban J connectivity index is 1.86. The minimum Gasteiger partial charge on any atom is -0.392 e. The third-order valence-electron chi connectivity index (χ3n) is 4.45. The zero-order valence-electron chi connectivity index (χ0n) is 13.7. The number of hydrogen-bond acceptors (Lipinski definition) is 5. The van der Waals surface area contributed by atoms with Crippen LogP contribution in [0, 0.1) is 11.8 Å². The van der Waals surface area contributed by atoms with Crippen LogP contribution in [0.1, 0.15) is 32.6 Å². The summed E-state index contributed by atoms with van der Waals surface area (Å²) in [5, 5.41) is 9.19. The van der Waals surface area contributed by atoms with Crippen molar-refractivity contribution in [3.8, 4) is 0 Å². The minimum atomic E-state index is -3.42. The Morgan fingerprint density at radius 1 is 1.35 bits per heavy atom. The summed E-state index contributed by atoms with van der Waals surface area (Å²) in [7, 11) is -3.42. The first-order chi connectivity index (χ1) is 10.9. The topological polar surface area (TPSA) is 95.9 Å². The summed E-state index contributed by atoms with van der Waals surface area (Å²) in [6.07, 6.45) is 2.46. The van der Waals surface area contributed by atoms with Gasteiger partial charge in [-0.1, -0.05) is 0 Å². The van der Waals surface area contributed by atoms with Crippen LogP contribution in [-0.2, 0) is 19.6 Å². The molecule has 2 saturated heterocycles. The minimum absolute atomic E-state index is 0.0112. The van der Waals surface area contributed by atoms with Crippen molar-refractivity contribution in [1.82, 2.24) is 9.62 Å². The highest BCUT2D eigenvalue weighted by molar-refractivity contribution is 7.89. The molecule has 0 radical (unpaired) electrons. The Bertz CT molecular complexity index is 488. The lowest BCUT2D eigenvalue weighted by atomic mass is 9.95. The van der Waals surface area contributed by atoms with E-state index < -0.39 is 16.1 Å². The van der Waals surface area contributed by atoms with Gasteiger partial charge in [-0.2, -0.15) is 0 Å². The molecule has 2 atom stereocenters. The maximum atomic E-state index is 12.6. The first-order valence-electron chi connectivity index (χ1n) is 8.39. The summed E-state index contributed by atoms with van der Waals surface area (Å²) in [4.78, 5) is 14.4. The molecule has 0 saturated carbocycles. The molecular weight excluding hydrogens is 320 g/mol. The van der Waals surface area contributed by atoms with Gasteiger partial charge in [-0.15, -0.1) is 0 Å². The van der Waals surface area contributed by atoms with E-state index in [-0.39, 0.29) is 30.0 Å². The lowest BCUT2D eigenvalue weighted by Gasteiger charge is -2.35. The average molecular weight is 348 g/mol. The number of carbonyl (C=O) groups is 1. The Kier molecular flexibility index (Phi) is 6.82. The summed E-state index contributed by atoms with van der Waals surface area (Å²) in [6, 6.07) is 0. The number of sulfonamides is 1. The Morgan fingerprint density at radius 3 is 2.70 bits per heavy atom. The van der Waals surface area contributed by atoms with Gasteiger partial charge in [-0.05, 0) is 38.5 Å². The summed E-state index contributed by atoms with van der Waals surface area (Å²) < 4.78 is 31.8. The number of piperidine rings is 1. The van der Waals surface area contributed by atoms with E-state index in [0.29, 0.717) is 26.3 Å². The predicted octanol–water partition coefficient (Wildman–Crippen LogP) is -0.0482. The van der Waals surface area contributed by atoms with Crippen LogP contribution in [0.25, 0.3) is 0 Å². The maximum Gasteiger partial charge on any atom is 0.225 e. The van der Waals surface area contributed by atoms with Gasteiger partial charge in [0.15, 0.2) is 0 Å². The summed E-state index contributed by atoms with van der Waals surface area (Å²) >= 11 is 0. The van der Waals surface area contributed by atoms with Crippen LogP contribution in [0.2, 0.25) is 0 Å². The van der Waals surface area contributed by atoms with Gasteiger partial charge in [0.25, 0.3) is 0 Å².